The maximum absolute atomic E-state index is 8.49. The Morgan fingerprint density at radius 3 is 2.95 bits per heavy atom. The van der Waals surface area contributed by atoms with Gasteiger partial charge in [0.1, 0.15) is 6.07 Å². The van der Waals surface area contributed by atoms with E-state index in [0.29, 0.717) is 16.6 Å². The molecule has 0 unspecified atom stereocenters. The molecule has 6 nitrogen and oxygen atoms in total. The molecule has 20 heavy (non-hydrogen) atoms. The molecular weight excluding hydrogens is 276 g/mol. The Morgan fingerprint density at radius 1 is 1.50 bits per heavy atom. The molecule has 2 N–H and O–H groups in total. The lowest BCUT2D eigenvalue weighted by atomic mass is 10.2. The van der Waals surface area contributed by atoms with E-state index >= 15 is 0 Å². The molecule has 0 spiro atoms. The SMILES string of the molecule is CCNC(=S)N/N=C\c1ccc(OCC#N)c(OC)c1. The van der Waals surface area contributed by atoms with Crippen LogP contribution in [0.1, 0.15) is 12.5 Å². The van der Waals surface area contributed by atoms with E-state index in [1.165, 1.54) is 7.11 Å². The maximum Gasteiger partial charge on any atom is 0.186 e. The fraction of sp³-hybridized carbons (Fsp3) is 0.308. The maximum atomic E-state index is 8.49. The highest BCUT2D eigenvalue weighted by Crippen LogP contribution is 2.27. The van der Waals surface area contributed by atoms with Crippen molar-refractivity contribution in [3.05, 3.63) is 23.8 Å². The zero-order valence-corrected chi connectivity index (χ0v) is 12.2. The lowest BCUT2D eigenvalue weighted by Crippen LogP contribution is -2.31. The average molecular weight is 292 g/mol. The van der Waals surface area contributed by atoms with Crippen molar-refractivity contribution in [1.82, 2.24) is 10.7 Å². The van der Waals surface area contributed by atoms with Crippen LogP contribution in [0.3, 0.4) is 0 Å². The molecule has 0 amide bonds. The van der Waals surface area contributed by atoms with Gasteiger partial charge in [0.15, 0.2) is 23.2 Å². The summed E-state index contributed by atoms with van der Waals surface area (Å²) in [6, 6.07) is 7.19. The fourth-order valence-electron chi connectivity index (χ4n) is 1.36. The minimum atomic E-state index is -0.0255. The second kappa shape index (κ2) is 8.72. The van der Waals surface area contributed by atoms with E-state index in [1.54, 1.807) is 24.4 Å². The number of benzene rings is 1. The topological polar surface area (TPSA) is 78.7 Å². The van der Waals surface area contributed by atoms with Crippen LogP contribution in [-0.2, 0) is 0 Å². The van der Waals surface area contributed by atoms with Crippen LogP contribution >= 0.6 is 12.2 Å². The zero-order chi connectivity index (χ0) is 14.8. The summed E-state index contributed by atoms with van der Waals surface area (Å²) in [7, 11) is 1.54. The first kappa shape index (κ1) is 15.7. The zero-order valence-electron chi connectivity index (χ0n) is 11.3. The summed E-state index contributed by atoms with van der Waals surface area (Å²) in [5, 5.41) is 15.9. The molecule has 0 aliphatic heterocycles. The lowest BCUT2D eigenvalue weighted by molar-refractivity contribution is 0.329. The lowest BCUT2D eigenvalue weighted by Gasteiger charge is -2.08. The number of hydrogen-bond donors (Lipinski definition) is 2. The minimum absolute atomic E-state index is 0.0255. The number of nitriles is 1. The number of nitrogens with one attached hydrogen (secondary N) is 2. The van der Waals surface area contributed by atoms with Gasteiger partial charge in [0.05, 0.1) is 13.3 Å². The molecule has 1 aromatic rings. The third kappa shape index (κ3) is 5.12. The van der Waals surface area contributed by atoms with E-state index < -0.39 is 0 Å². The highest BCUT2D eigenvalue weighted by Gasteiger charge is 2.04. The molecule has 0 aliphatic carbocycles. The van der Waals surface area contributed by atoms with Crippen LogP contribution in [0.2, 0.25) is 0 Å². The van der Waals surface area contributed by atoms with Gasteiger partial charge < -0.3 is 14.8 Å². The molecule has 0 bridgehead atoms. The Bertz CT molecular complexity index is 526. The summed E-state index contributed by atoms with van der Waals surface area (Å²) in [4.78, 5) is 0. The van der Waals surface area contributed by atoms with Crippen LogP contribution in [0.15, 0.2) is 23.3 Å². The van der Waals surface area contributed by atoms with Crippen LogP contribution in [0, 0.1) is 11.3 Å². The van der Waals surface area contributed by atoms with Gasteiger partial charge in [-0.1, -0.05) is 0 Å². The van der Waals surface area contributed by atoms with Gasteiger partial charge in [0.25, 0.3) is 0 Å². The van der Waals surface area contributed by atoms with Gasteiger partial charge in [-0.3, -0.25) is 5.43 Å². The van der Waals surface area contributed by atoms with Crippen molar-refractivity contribution in [2.75, 3.05) is 20.3 Å². The summed E-state index contributed by atoms with van der Waals surface area (Å²) < 4.78 is 10.4. The Balaban J connectivity index is 2.70. The van der Waals surface area contributed by atoms with Crippen molar-refractivity contribution >= 4 is 23.5 Å². The van der Waals surface area contributed by atoms with Crippen LogP contribution in [0.5, 0.6) is 11.5 Å². The van der Waals surface area contributed by atoms with Crippen molar-refractivity contribution in [3.8, 4) is 17.6 Å². The summed E-state index contributed by atoms with van der Waals surface area (Å²) >= 11 is 4.97. The van der Waals surface area contributed by atoms with E-state index in [0.717, 1.165) is 12.1 Å². The number of methoxy groups -OCH3 is 1. The van der Waals surface area contributed by atoms with Crippen LogP contribution in [0.4, 0.5) is 0 Å². The number of nitrogens with zero attached hydrogens (tertiary/aromatic N) is 2. The number of rotatable bonds is 6. The molecule has 0 fully saturated rings. The molecule has 0 atom stereocenters. The monoisotopic (exact) mass is 292 g/mol. The predicted octanol–water partition coefficient (Wildman–Crippen LogP) is 1.42. The van der Waals surface area contributed by atoms with E-state index in [-0.39, 0.29) is 6.61 Å². The number of hydrogen-bond acceptors (Lipinski definition) is 5. The minimum Gasteiger partial charge on any atom is -0.493 e. The molecule has 1 rings (SSSR count). The Kier molecular flexibility index (Phi) is 6.85. The number of hydrazone groups is 1. The van der Waals surface area contributed by atoms with E-state index in [1.807, 2.05) is 13.0 Å². The normalized spacial score (nSPS) is 9.85. The molecule has 0 aromatic heterocycles. The first-order valence-corrected chi connectivity index (χ1v) is 6.36. The second-order valence-electron chi connectivity index (χ2n) is 3.59. The van der Waals surface area contributed by atoms with Gasteiger partial charge in [-0.25, -0.2) is 0 Å². The number of ether oxygens (including phenoxy) is 2. The third-order valence-electron chi connectivity index (χ3n) is 2.20. The summed E-state index contributed by atoms with van der Waals surface area (Å²) in [5.74, 6) is 1.06. The molecule has 0 saturated heterocycles. The molecule has 0 radical (unpaired) electrons. The van der Waals surface area contributed by atoms with Crippen LogP contribution < -0.4 is 20.2 Å². The van der Waals surface area contributed by atoms with Crippen LogP contribution in [-0.4, -0.2) is 31.6 Å². The molecular formula is C13H16N4O2S. The smallest absolute Gasteiger partial charge is 0.186 e. The van der Waals surface area contributed by atoms with Crippen molar-refractivity contribution in [3.63, 3.8) is 0 Å². The van der Waals surface area contributed by atoms with Crippen molar-refractivity contribution < 1.29 is 9.47 Å². The highest BCUT2D eigenvalue weighted by molar-refractivity contribution is 7.80. The van der Waals surface area contributed by atoms with Gasteiger partial charge in [-0.2, -0.15) is 10.4 Å². The summed E-state index contributed by atoms with van der Waals surface area (Å²) in [6.45, 7) is 2.66. The molecule has 0 aliphatic rings. The Labute approximate surface area is 123 Å². The van der Waals surface area contributed by atoms with Gasteiger partial charge >= 0.3 is 0 Å². The van der Waals surface area contributed by atoms with E-state index in [9.17, 15) is 0 Å². The predicted molar refractivity (Wildman–Crippen MR) is 81.1 cm³/mol. The average Bonchev–Trinajstić information content (AvgIpc) is 2.46. The van der Waals surface area contributed by atoms with Crippen molar-refractivity contribution in [2.45, 2.75) is 6.92 Å². The van der Waals surface area contributed by atoms with Gasteiger partial charge in [-0.05, 0) is 42.9 Å². The Hall–Kier alpha value is -2.33. The molecule has 0 heterocycles. The third-order valence-corrected chi connectivity index (χ3v) is 2.43. The van der Waals surface area contributed by atoms with E-state index in [2.05, 4.69) is 15.8 Å². The number of thiocarbonyl (C=S) groups is 1. The largest absolute Gasteiger partial charge is 0.493 e. The van der Waals surface area contributed by atoms with Gasteiger partial charge in [0, 0.05) is 6.54 Å². The standard InChI is InChI=1S/C13H16N4O2S/c1-3-15-13(20)17-16-9-10-4-5-11(19-7-6-14)12(8-10)18-2/h4-5,8-9H,3,7H2,1-2H3,(H2,15,17,20)/b16-9-. The van der Waals surface area contributed by atoms with Crippen LogP contribution in [0.25, 0.3) is 0 Å². The van der Waals surface area contributed by atoms with Gasteiger partial charge in [-0.15, -0.1) is 0 Å². The molecule has 106 valence electrons. The fourth-order valence-corrected chi connectivity index (χ4v) is 1.56. The molecule has 7 heteroatoms. The quantitative estimate of drug-likeness (QED) is 0.469. The molecule has 1 aromatic carbocycles. The first-order valence-electron chi connectivity index (χ1n) is 5.96. The van der Waals surface area contributed by atoms with Gasteiger partial charge in [0.2, 0.25) is 0 Å². The second-order valence-corrected chi connectivity index (χ2v) is 3.99. The van der Waals surface area contributed by atoms with Crippen molar-refractivity contribution in [2.24, 2.45) is 5.10 Å². The summed E-state index contributed by atoms with van der Waals surface area (Å²) in [5.41, 5.74) is 3.51. The highest BCUT2D eigenvalue weighted by atomic mass is 32.1. The van der Waals surface area contributed by atoms with E-state index in [4.69, 9.17) is 27.0 Å². The Morgan fingerprint density at radius 2 is 2.30 bits per heavy atom. The first-order chi connectivity index (χ1) is 9.71. The summed E-state index contributed by atoms with van der Waals surface area (Å²) in [6.07, 6.45) is 1.61. The molecule has 0 saturated carbocycles. The van der Waals surface area contributed by atoms with Crippen molar-refractivity contribution in [1.29, 1.82) is 5.26 Å².